The van der Waals surface area contributed by atoms with Crippen LogP contribution >= 0.6 is 0 Å². The molecule has 39 heavy (non-hydrogen) atoms. The summed E-state index contributed by atoms with van der Waals surface area (Å²) in [5.74, 6) is -2.01. The Labute approximate surface area is 224 Å². The second kappa shape index (κ2) is 10.8. The summed E-state index contributed by atoms with van der Waals surface area (Å²) >= 11 is 0. The summed E-state index contributed by atoms with van der Waals surface area (Å²) in [7, 11) is 0. The number of aromatic nitrogens is 4. The Morgan fingerprint density at radius 1 is 1.05 bits per heavy atom. The molecule has 1 fully saturated rings. The Kier molecular flexibility index (Phi) is 7.27. The van der Waals surface area contributed by atoms with Gasteiger partial charge in [0.05, 0.1) is 12.4 Å². The first kappa shape index (κ1) is 26.3. The minimum Gasteiger partial charge on any atom is -0.475 e. The summed E-state index contributed by atoms with van der Waals surface area (Å²) in [6.45, 7) is 2.06. The molecule has 5 rings (SSSR count). The molecular weight excluding hydrogens is 500 g/mol. The van der Waals surface area contributed by atoms with E-state index in [-0.39, 0.29) is 48.1 Å². The Bertz CT molecular complexity index is 1440. The number of aliphatic hydroxyl groups excluding tert-OH is 2. The number of anilines is 1. The summed E-state index contributed by atoms with van der Waals surface area (Å²) in [6, 6.07) is 19.8. The van der Waals surface area contributed by atoms with Crippen LogP contribution in [-0.2, 0) is 10.5 Å². The van der Waals surface area contributed by atoms with Crippen LogP contribution in [0.25, 0.3) is 11.2 Å². The lowest BCUT2D eigenvalue weighted by Crippen LogP contribution is -2.57. The van der Waals surface area contributed by atoms with Crippen LogP contribution in [0, 0.1) is 0 Å². The molecule has 0 saturated heterocycles. The molecule has 1 aliphatic carbocycles. The van der Waals surface area contributed by atoms with E-state index in [0.29, 0.717) is 6.54 Å². The molecular formula is C28H30N6O5. The highest BCUT2D eigenvalue weighted by atomic mass is 16.4. The fourth-order valence-electron chi connectivity index (χ4n) is 5.19. The lowest BCUT2D eigenvalue weighted by atomic mass is 9.91. The van der Waals surface area contributed by atoms with Gasteiger partial charge in [0.15, 0.2) is 17.0 Å². The SMILES string of the molecule is CCC(=O)N[C@@]1(n2cnc3c(NCC(c4ccccc4)c4ccccc4)nc(C(=O)O)nc32)CC[C@@H](O)[C@H]1O. The highest BCUT2D eigenvalue weighted by Crippen LogP contribution is 2.38. The maximum Gasteiger partial charge on any atom is 0.374 e. The number of aromatic carboxylic acids is 1. The average Bonchev–Trinajstić information content (AvgIpc) is 3.51. The van der Waals surface area contributed by atoms with Gasteiger partial charge in [0.2, 0.25) is 11.7 Å². The van der Waals surface area contributed by atoms with Crippen LogP contribution in [0.1, 0.15) is 53.8 Å². The van der Waals surface area contributed by atoms with Gasteiger partial charge in [-0.25, -0.2) is 19.7 Å². The Hall–Kier alpha value is -4.35. The van der Waals surface area contributed by atoms with E-state index in [1.54, 1.807) is 6.92 Å². The number of carbonyl (C=O) groups is 2. The van der Waals surface area contributed by atoms with Crippen LogP contribution in [0.5, 0.6) is 0 Å². The Morgan fingerprint density at radius 2 is 1.69 bits per heavy atom. The first-order valence-corrected chi connectivity index (χ1v) is 12.8. The molecule has 11 nitrogen and oxygen atoms in total. The highest BCUT2D eigenvalue weighted by molar-refractivity contribution is 5.90. The lowest BCUT2D eigenvalue weighted by Gasteiger charge is -2.35. The standard InChI is InChI=1S/C28H30N6O5/c1-2-21(36)33-28(14-13-20(35)23(28)37)34-16-30-22-24(31-25(27(38)39)32-26(22)34)29-15-19(17-9-5-3-6-10-17)18-11-7-4-8-12-18/h3-12,16,19-20,23,35,37H,2,13-15H2,1H3,(H,33,36)(H,38,39)(H,29,31,32)/t20-,23-,28-/m1/s1. The molecule has 0 bridgehead atoms. The zero-order valence-electron chi connectivity index (χ0n) is 21.4. The zero-order valence-corrected chi connectivity index (χ0v) is 21.4. The Balaban J connectivity index is 1.58. The van der Waals surface area contributed by atoms with Gasteiger partial charge in [-0.05, 0) is 24.0 Å². The molecule has 2 aromatic heterocycles. The van der Waals surface area contributed by atoms with Crippen LogP contribution in [0.2, 0.25) is 0 Å². The third-order valence-corrected chi connectivity index (χ3v) is 7.25. The molecule has 3 atom stereocenters. The predicted octanol–water partition coefficient (Wildman–Crippen LogP) is 2.46. The first-order chi connectivity index (χ1) is 18.8. The highest BCUT2D eigenvalue weighted by Gasteiger charge is 2.51. The lowest BCUT2D eigenvalue weighted by molar-refractivity contribution is -0.127. The summed E-state index contributed by atoms with van der Waals surface area (Å²) in [5, 5.41) is 37.2. The number of benzene rings is 2. The topological polar surface area (TPSA) is 162 Å². The third kappa shape index (κ3) is 4.93. The van der Waals surface area contributed by atoms with Crippen molar-refractivity contribution in [2.75, 3.05) is 11.9 Å². The van der Waals surface area contributed by atoms with Crippen LogP contribution in [-0.4, -0.2) is 65.5 Å². The van der Waals surface area contributed by atoms with E-state index in [4.69, 9.17) is 0 Å². The summed E-state index contributed by atoms with van der Waals surface area (Å²) in [5.41, 5.74) is 1.08. The summed E-state index contributed by atoms with van der Waals surface area (Å²) in [6.07, 6.45) is -0.478. The first-order valence-electron chi connectivity index (χ1n) is 12.8. The molecule has 5 N–H and O–H groups in total. The number of amides is 1. The van der Waals surface area contributed by atoms with Gasteiger partial charge in [-0.3, -0.25) is 9.36 Å². The van der Waals surface area contributed by atoms with Gasteiger partial charge in [0, 0.05) is 18.9 Å². The maximum atomic E-state index is 12.5. The van der Waals surface area contributed by atoms with Gasteiger partial charge < -0.3 is 26.0 Å². The average molecular weight is 531 g/mol. The normalized spacial score (nSPS) is 20.8. The van der Waals surface area contributed by atoms with E-state index in [2.05, 4.69) is 25.6 Å². The van der Waals surface area contributed by atoms with E-state index >= 15 is 0 Å². The molecule has 1 saturated carbocycles. The number of nitrogens with zero attached hydrogens (tertiary/aromatic N) is 4. The van der Waals surface area contributed by atoms with Crippen molar-refractivity contribution in [1.29, 1.82) is 0 Å². The molecule has 4 aromatic rings. The van der Waals surface area contributed by atoms with Gasteiger partial charge in [0.1, 0.15) is 11.8 Å². The largest absolute Gasteiger partial charge is 0.475 e. The van der Waals surface area contributed by atoms with Crippen molar-refractivity contribution in [1.82, 2.24) is 24.8 Å². The van der Waals surface area contributed by atoms with Crippen LogP contribution in [0.4, 0.5) is 5.82 Å². The quantitative estimate of drug-likeness (QED) is 0.219. The predicted molar refractivity (Wildman–Crippen MR) is 143 cm³/mol. The maximum absolute atomic E-state index is 12.5. The number of hydrogen-bond acceptors (Lipinski definition) is 8. The minimum absolute atomic E-state index is 0.0743. The second-order valence-electron chi connectivity index (χ2n) is 9.62. The molecule has 2 heterocycles. The molecule has 11 heteroatoms. The van der Waals surface area contributed by atoms with Gasteiger partial charge in [0.25, 0.3) is 0 Å². The number of carbonyl (C=O) groups excluding carboxylic acids is 1. The van der Waals surface area contributed by atoms with Crippen molar-refractivity contribution in [3.63, 3.8) is 0 Å². The molecule has 0 unspecified atom stereocenters. The fraction of sp³-hybridized carbons (Fsp3) is 0.321. The number of nitrogens with one attached hydrogen (secondary N) is 2. The molecule has 1 aliphatic rings. The number of carboxylic acids is 1. The number of fused-ring (bicyclic) bond motifs is 1. The smallest absolute Gasteiger partial charge is 0.374 e. The summed E-state index contributed by atoms with van der Waals surface area (Å²) < 4.78 is 1.45. The zero-order chi connectivity index (χ0) is 27.6. The van der Waals surface area contributed by atoms with E-state index < -0.39 is 29.7 Å². The van der Waals surface area contributed by atoms with Crippen molar-refractivity contribution in [3.05, 3.63) is 83.9 Å². The molecule has 0 spiro atoms. The second-order valence-corrected chi connectivity index (χ2v) is 9.62. The van der Waals surface area contributed by atoms with Crippen molar-refractivity contribution < 1.29 is 24.9 Å². The van der Waals surface area contributed by atoms with Gasteiger partial charge >= 0.3 is 5.97 Å². The van der Waals surface area contributed by atoms with E-state index in [1.165, 1.54) is 10.9 Å². The molecule has 1 amide bonds. The number of rotatable bonds is 9. The van der Waals surface area contributed by atoms with Crippen LogP contribution in [0.3, 0.4) is 0 Å². The van der Waals surface area contributed by atoms with Gasteiger partial charge in [-0.15, -0.1) is 0 Å². The Morgan fingerprint density at radius 3 is 2.23 bits per heavy atom. The van der Waals surface area contributed by atoms with Crippen LogP contribution in [0.15, 0.2) is 67.0 Å². The van der Waals surface area contributed by atoms with Crippen molar-refractivity contribution >= 4 is 28.9 Å². The molecule has 202 valence electrons. The number of carboxylic acid groups (broad SMARTS) is 1. The number of hydrogen-bond donors (Lipinski definition) is 5. The molecule has 0 radical (unpaired) electrons. The van der Waals surface area contributed by atoms with Crippen molar-refractivity contribution in [2.45, 2.75) is 50.0 Å². The fourth-order valence-corrected chi connectivity index (χ4v) is 5.19. The van der Waals surface area contributed by atoms with Crippen LogP contribution < -0.4 is 10.6 Å². The van der Waals surface area contributed by atoms with E-state index in [1.807, 2.05) is 60.7 Å². The number of aliphatic hydroxyl groups is 2. The minimum atomic E-state index is -1.45. The third-order valence-electron chi connectivity index (χ3n) is 7.25. The van der Waals surface area contributed by atoms with Gasteiger partial charge in [-0.2, -0.15) is 0 Å². The van der Waals surface area contributed by atoms with Crippen molar-refractivity contribution in [2.24, 2.45) is 0 Å². The van der Waals surface area contributed by atoms with Gasteiger partial charge in [-0.1, -0.05) is 67.6 Å². The number of imidazole rings is 1. The monoisotopic (exact) mass is 530 g/mol. The summed E-state index contributed by atoms with van der Waals surface area (Å²) in [4.78, 5) is 37.4. The van der Waals surface area contributed by atoms with E-state index in [0.717, 1.165) is 11.1 Å². The van der Waals surface area contributed by atoms with Crippen molar-refractivity contribution in [3.8, 4) is 0 Å². The van der Waals surface area contributed by atoms with E-state index in [9.17, 15) is 24.9 Å². The molecule has 2 aromatic carbocycles. The molecule has 0 aliphatic heterocycles.